The molecule has 2 rings (SSSR count). The summed E-state index contributed by atoms with van der Waals surface area (Å²) in [4.78, 5) is 22.9. The van der Waals surface area contributed by atoms with Crippen molar-refractivity contribution in [2.24, 2.45) is 0 Å². The van der Waals surface area contributed by atoms with E-state index in [1.165, 1.54) is 0 Å². The van der Waals surface area contributed by atoms with E-state index in [0.29, 0.717) is 13.2 Å². The number of ether oxygens (including phenoxy) is 2. The zero-order valence-electron chi connectivity index (χ0n) is 13.4. The molecule has 1 atom stereocenters. The van der Waals surface area contributed by atoms with Gasteiger partial charge in [0.05, 0.1) is 11.0 Å². The number of benzene rings is 1. The number of hydrogen-bond donors (Lipinski definition) is 2. The quantitative estimate of drug-likeness (QED) is 0.617. The first-order valence-corrected chi connectivity index (χ1v) is 9.14. The van der Waals surface area contributed by atoms with Gasteiger partial charge >= 0.3 is 5.97 Å². The van der Waals surface area contributed by atoms with Crippen molar-refractivity contribution in [3.8, 4) is 0 Å². The lowest BCUT2D eigenvalue weighted by Gasteiger charge is -2.11. The van der Waals surface area contributed by atoms with Gasteiger partial charge in [-0.15, -0.1) is 0 Å². The number of nitrogens with one attached hydrogen (secondary N) is 2. The van der Waals surface area contributed by atoms with Gasteiger partial charge < -0.3 is 14.8 Å². The normalized spacial score (nSPS) is 17.2. The molecule has 8 nitrogen and oxygen atoms in total. The molecule has 1 aromatic rings. The summed E-state index contributed by atoms with van der Waals surface area (Å²) in [5, 5.41) is 2.57. The molecule has 1 fully saturated rings. The molecule has 1 amide bonds. The average Bonchev–Trinajstić information content (AvgIpc) is 3.10. The second-order valence-corrected chi connectivity index (χ2v) is 7.15. The molecule has 0 aromatic heterocycles. The van der Waals surface area contributed by atoms with Crippen LogP contribution in [0.15, 0.2) is 29.2 Å². The van der Waals surface area contributed by atoms with Crippen molar-refractivity contribution in [3.63, 3.8) is 0 Å². The van der Waals surface area contributed by atoms with Gasteiger partial charge in [-0.1, -0.05) is 0 Å². The Balaban J connectivity index is 1.69. The number of carbonyl (C=O) groups excluding carboxylic acids is 2. The molecule has 0 unspecified atom stereocenters. The van der Waals surface area contributed by atoms with Gasteiger partial charge in [0.25, 0.3) is 5.91 Å². The summed E-state index contributed by atoms with van der Waals surface area (Å²) in [6.07, 6.45) is 1.79. The Morgan fingerprint density at radius 3 is 2.64 bits per heavy atom. The van der Waals surface area contributed by atoms with E-state index in [4.69, 9.17) is 9.47 Å². The molecule has 10 heteroatoms. The van der Waals surface area contributed by atoms with Crippen molar-refractivity contribution in [1.82, 2.24) is 10.0 Å². The van der Waals surface area contributed by atoms with Crippen LogP contribution in [0.5, 0.6) is 0 Å². The highest BCUT2D eigenvalue weighted by molar-refractivity contribution is 7.89. The molecular weight excluding hydrogens is 355 g/mol. The third-order valence-electron chi connectivity index (χ3n) is 3.45. The van der Waals surface area contributed by atoms with E-state index in [-0.39, 0.29) is 11.0 Å². The van der Waals surface area contributed by atoms with Crippen LogP contribution in [0.4, 0.5) is 4.39 Å². The summed E-state index contributed by atoms with van der Waals surface area (Å²) < 4.78 is 48.6. The van der Waals surface area contributed by atoms with Crippen molar-refractivity contribution >= 4 is 21.9 Å². The molecule has 1 aliphatic rings. The van der Waals surface area contributed by atoms with Crippen LogP contribution in [0.2, 0.25) is 0 Å². The molecule has 0 radical (unpaired) electrons. The highest BCUT2D eigenvalue weighted by atomic mass is 32.2. The molecule has 2 N–H and O–H groups in total. The van der Waals surface area contributed by atoms with Crippen LogP contribution in [0.1, 0.15) is 12.8 Å². The number of hydrogen-bond acceptors (Lipinski definition) is 6. The number of sulfonamides is 1. The van der Waals surface area contributed by atoms with Gasteiger partial charge in [-0.2, -0.15) is 4.72 Å². The summed E-state index contributed by atoms with van der Waals surface area (Å²) in [5.41, 5.74) is 0. The van der Waals surface area contributed by atoms with Crippen molar-refractivity contribution in [3.05, 3.63) is 30.1 Å². The Labute approximate surface area is 144 Å². The third kappa shape index (κ3) is 6.40. The number of carbonyl (C=O) groups is 2. The first kappa shape index (κ1) is 19.3. The molecular formula is C15H19FN2O6S. The number of esters is 1. The van der Waals surface area contributed by atoms with Gasteiger partial charge in [0.1, 0.15) is 12.4 Å². The highest BCUT2D eigenvalue weighted by Crippen LogP contribution is 2.10. The van der Waals surface area contributed by atoms with Gasteiger partial charge in [-0.3, -0.25) is 9.59 Å². The van der Waals surface area contributed by atoms with Crippen molar-refractivity contribution in [2.45, 2.75) is 23.8 Å². The van der Waals surface area contributed by atoms with E-state index in [0.717, 1.165) is 37.1 Å². The summed E-state index contributed by atoms with van der Waals surface area (Å²) in [7, 11) is -3.97. The largest absolute Gasteiger partial charge is 0.455 e. The maximum atomic E-state index is 12.8. The second-order valence-electron chi connectivity index (χ2n) is 5.38. The molecule has 1 saturated heterocycles. The average molecular weight is 374 g/mol. The van der Waals surface area contributed by atoms with Crippen LogP contribution in [-0.2, 0) is 29.1 Å². The molecule has 1 heterocycles. The third-order valence-corrected chi connectivity index (χ3v) is 4.86. The highest BCUT2D eigenvalue weighted by Gasteiger charge is 2.18. The Morgan fingerprint density at radius 2 is 2.00 bits per heavy atom. The van der Waals surface area contributed by atoms with Crippen molar-refractivity contribution in [1.29, 1.82) is 0 Å². The first-order chi connectivity index (χ1) is 11.9. The van der Waals surface area contributed by atoms with Crippen molar-refractivity contribution < 1.29 is 31.9 Å². The number of halogens is 1. The second kappa shape index (κ2) is 8.88. The minimum atomic E-state index is -3.97. The van der Waals surface area contributed by atoms with Crippen molar-refractivity contribution in [2.75, 3.05) is 26.3 Å². The molecule has 0 spiro atoms. The fraction of sp³-hybridized carbons (Fsp3) is 0.467. The summed E-state index contributed by atoms with van der Waals surface area (Å²) in [6, 6.07) is 4.12. The van der Waals surface area contributed by atoms with E-state index < -0.39 is 40.9 Å². The summed E-state index contributed by atoms with van der Waals surface area (Å²) in [5.74, 6) is -1.98. The van der Waals surface area contributed by atoms with Gasteiger partial charge in [0.2, 0.25) is 10.0 Å². The van der Waals surface area contributed by atoms with Gasteiger partial charge in [-0.05, 0) is 37.1 Å². The predicted octanol–water partition coefficient (Wildman–Crippen LogP) is -0.0576. The number of rotatable bonds is 8. The fourth-order valence-corrected chi connectivity index (χ4v) is 3.10. The van der Waals surface area contributed by atoms with Crippen LogP contribution in [-0.4, -0.2) is 52.7 Å². The lowest BCUT2D eigenvalue weighted by molar-refractivity contribution is -0.147. The monoisotopic (exact) mass is 374 g/mol. The zero-order chi connectivity index (χ0) is 18.3. The maximum Gasteiger partial charge on any atom is 0.321 e. The standard InChI is InChI=1S/C15H19FN2O6S/c16-11-3-5-13(6-4-11)25(21,22)18-9-15(20)24-10-14(19)17-8-12-2-1-7-23-12/h3-6,12,18H,1-2,7-10H2,(H,17,19)/t12-/m1/s1. The Bertz CT molecular complexity index is 701. The molecule has 0 aliphatic carbocycles. The molecule has 0 bridgehead atoms. The lowest BCUT2D eigenvalue weighted by Crippen LogP contribution is -2.36. The topological polar surface area (TPSA) is 111 Å². The van der Waals surface area contributed by atoms with E-state index in [1.54, 1.807) is 0 Å². The van der Waals surface area contributed by atoms with E-state index in [2.05, 4.69) is 5.32 Å². The maximum absolute atomic E-state index is 12.8. The number of amides is 1. The molecule has 0 saturated carbocycles. The molecule has 138 valence electrons. The van der Waals surface area contributed by atoms with Gasteiger partial charge in [-0.25, -0.2) is 12.8 Å². The van der Waals surface area contributed by atoms with Crippen LogP contribution in [0, 0.1) is 5.82 Å². The predicted molar refractivity (Wildman–Crippen MR) is 84.5 cm³/mol. The minimum Gasteiger partial charge on any atom is -0.455 e. The van der Waals surface area contributed by atoms with Crippen LogP contribution >= 0.6 is 0 Å². The first-order valence-electron chi connectivity index (χ1n) is 7.66. The van der Waals surface area contributed by atoms with Crippen LogP contribution < -0.4 is 10.0 Å². The molecule has 25 heavy (non-hydrogen) atoms. The SMILES string of the molecule is O=C(COC(=O)CNS(=O)(=O)c1ccc(F)cc1)NC[C@H]1CCCO1. The van der Waals surface area contributed by atoms with Crippen LogP contribution in [0.25, 0.3) is 0 Å². The van der Waals surface area contributed by atoms with Gasteiger partial charge in [0, 0.05) is 13.2 Å². The zero-order valence-corrected chi connectivity index (χ0v) is 14.2. The molecule has 1 aromatic carbocycles. The minimum absolute atomic E-state index is 0.0258. The van der Waals surface area contributed by atoms with E-state index in [1.807, 2.05) is 4.72 Å². The summed E-state index contributed by atoms with van der Waals surface area (Å²) >= 11 is 0. The lowest BCUT2D eigenvalue weighted by atomic mass is 10.2. The Hall–Kier alpha value is -2.04. The van der Waals surface area contributed by atoms with E-state index >= 15 is 0 Å². The summed E-state index contributed by atoms with van der Waals surface area (Å²) in [6.45, 7) is -0.139. The van der Waals surface area contributed by atoms with Gasteiger partial charge in [0.15, 0.2) is 6.61 Å². The van der Waals surface area contributed by atoms with Crippen LogP contribution in [0.3, 0.4) is 0 Å². The Kier molecular flexibility index (Phi) is 6.85. The Morgan fingerprint density at radius 1 is 1.28 bits per heavy atom. The van der Waals surface area contributed by atoms with E-state index in [9.17, 15) is 22.4 Å². The molecule has 1 aliphatic heterocycles. The smallest absolute Gasteiger partial charge is 0.321 e. The fourth-order valence-electron chi connectivity index (χ4n) is 2.13.